The molecule has 0 aliphatic carbocycles. The molecule has 1 aliphatic rings. The van der Waals surface area contributed by atoms with Crippen LogP contribution in [0.2, 0.25) is 0 Å². The minimum absolute atomic E-state index is 0.293. The number of benzene rings is 1. The molecule has 1 aromatic rings. The Morgan fingerprint density at radius 1 is 1.31 bits per heavy atom. The second-order valence-corrected chi connectivity index (χ2v) is 6.61. The lowest BCUT2D eigenvalue weighted by Crippen LogP contribution is -2.16. The zero-order valence-corrected chi connectivity index (χ0v) is 10.6. The summed E-state index contributed by atoms with van der Waals surface area (Å²) in [7, 11) is -3.01. The fraction of sp³-hybridized carbons (Fsp3) is 0.500. The molecule has 16 heavy (non-hydrogen) atoms. The minimum Gasteiger partial charge on any atom is -0.224 e. The van der Waals surface area contributed by atoms with E-state index < -0.39 is 9.84 Å². The first-order valence-corrected chi connectivity index (χ1v) is 7.73. The quantitative estimate of drug-likeness (QED) is 0.781. The highest BCUT2D eigenvalue weighted by atomic mass is 35.5. The lowest BCUT2D eigenvalue weighted by Gasteiger charge is -2.17. The van der Waals surface area contributed by atoms with Gasteiger partial charge in [0.15, 0.2) is 9.84 Å². The summed E-state index contributed by atoms with van der Waals surface area (Å²) in [6.45, 7) is 0. The molecule has 0 fully saturated rings. The summed E-state index contributed by atoms with van der Waals surface area (Å²) in [5.74, 6) is 0.941. The first kappa shape index (κ1) is 11.9. The predicted octanol–water partition coefficient (Wildman–Crippen LogP) is 2.58. The second kappa shape index (κ2) is 4.76. The molecule has 0 radical (unpaired) electrons. The topological polar surface area (TPSA) is 34.1 Å². The Morgan fingerprint density at radius 2 is 2.12 bits per heavy atom. The zero-order chi connectivity index (χ0) is 11.6. The van der Waals surface area contributed by atoms with Crippen molar-refractivity contribution in [3.05, 3.63) is 29.3 Å². The van der Waals surface area contributed by atoms with E-state index in [0.717, 1.165) is 31.2 Å². The Morgan fingerprint density at radius 3 is 2.88 bits per heavy atom. The van der Waals surface area contributed by atoms with Gasteiger partial charge < -0.3 is 0 Å². The summed E-state index contributed by atoms with van der Waals surface area (Å²) < 4.78 is 23.6. The first-order valence-electron chi connectivity index (χ1n) is 5.54. The molecule has 0 bridgehead atoms. The van der Waals surface area contributed by atoms with Gasteiger partial charge in [-0.3, -0.25) is 0 Å². The van der Waals surface area contributed by atoms with Gasteiger partial charge in [-0.2, -0.15) is 0 Å². The van der Waals surface area contributed by atoms with Crippen LogP contribution in [-0.4, -0.2) is 20.1 Å². The van der Waals surface area contributed by atoms with Gasteiger partial charge in [0.2, 0.25) is 0 Å². The van der Waals surface area contributed by atoms with Crippen molar-refractivity contribution in [3.63, 3.8) is 0 Å². The maximum absolute atomic E-state index is 11.8. The third-order valence-corrected chi connectivity index (χ3v) is 5.08. The summed E-state index contributed by atoms with van der Waals surface area (Å²) >= 11 is 5.64. The van der Waals surface area contributed by atoms with Crippen LogP contribution in [0.4, 0.5) is 0 Å². The van der Waals surface area contributed by atoms with Crippen LogP contribution in [0.1, 0.15) is 24.0 Å². The maximum atomic E-state index is 11.8. The van der Waals surface area contributed by atoms with Crippen molar-refractivity contribution in [1.29, 1.82) is 0 Å². The van der Waals surface area contributed by atoms with Crippen LogP contribution in [0.15, 0.2) is 23.1 Å². The SMILES string of the molecule is O=S1(=O)CCCc2cc(CCCCl)ccc21. The fourth-order valence-electron chi connectivity index (χ4n) is 2.12. The van der Waals surface area contributed by atoms with E-state index >= 15 is 0 Å². The third-order valence-electron chi connectivity index (χ3n) is 2.92. The van der Waals surface area contributed by atoms with Crippen molar-refractivity contribution in [2.75, 3.05) is 11.6 Å². The van der Waals surface area contributed by atoms with Crippen molar-refractivity contribution in [1.82, 2.24) is 0 Å². The first-order chi connectivity index (χ1) is 7.63. The summed E-state index contributed by atoms with van der Waals surface area (Å²) in [5.41, 5.74) is 2.18. The van der Waals surface area contributed by atoms with Crippen LogP contribution in [0.3, 0.4) is 0 Å². The van der Waals surface area contributed by atoms with Crippen LogP contribution in [-0.2, 0) is 22.7 Å². The molecule has 1 aromatic carbocycles. The predicted molar refractivity (Wildman–Crippen MR) is 65.9 cm³/mol. The average Bonchev–Trinajstić information content (AvgIpc) is 2.25. The molecule has 0 saturated carbocycles. The Bertz CT molecular complexity index is 480. The molecule has 0 aromatic heterocycles. The van der Waals surface area contributed by atoms with E-state index in [1.165, 1.54) is 5.56 Å². The van der Waals surface area contributed by atoms with Gasteiger partial charge in [-0.1, -0.05) is 12.1 Å². The maximum Gasteiger partial charge on any atom is 0.178 e. The Hall–Kier alpha value is -0.540. The lowest BCUT2D eigenvalue weighted by molar-refractivity contribution is 0.586. The van der Waals surface area contributed by atoms with Crippen LogP contribution in [0.25, 0.3) is 0 Å². The molecule has 1 aliphatic heterocycles. The molecule has 0 atom stereocenters. The minimum atomic E-state index is -3.01. The second-order valence-electron chi connectivity index (χ2n) is 4.16. The van der Waals surface area contributed by atoms with E-state index in [4.69, 9.17) is 11.6 Å². The van der Waals surface area contributed by atoms with Gasteiger partial charge >= 0.3 is 0 Å². The molecule has 1 heterocycles. The van der Waals surface area contributed by atoms with Crippen molar-refractivity contribution < 1.29 is 8.42 Å². The number of halogens is 1. The highest BCUT2D eigenvalue weighted by molar-refractivity contribution is 7.91. The molecule has 2 nitrogen and oxygen atoms in total. The normalized spacial score (nSPS) is 18.1. The van der Waals surface area contributed by atoms with Crippen molar-refractivity contribution in [3.8, 4) is 0 Å². The number of alkyl halides is 1. The van der Waals surface area contributed by atoms with Gasteiger partial charge in [-0.15, -0.1) is 11.6 Å². The Labute approximate surface area is 102 Å². The van der Waals surface area contributed by atoms with Gasteiger partial charge in [0.1, 0.15) is 0 Å². The molecule has 0 saturated heterocycles. The number of fused-ring (bicyclic) bond motifs is 1. The van der Waals surface area contributed by atoms with Gasteiger partial charge in [0.25, 0.3) is 0 Å². The summed E-state index contributed by atoms with van der Waals surface area (Å²) in [5, 5.41) is 0. The largest absolute Gasteiger partial charge is 0.224 e. The van der Waals surface area contributed by atoms with Crippen LogP contribution >= 0.6 is 11.6 Å². The summed E-state index contributed by atoms with van der Waals surface area (Å²) in [6.07, 6.45) is 3.49. The number of hydrogen-bond donors (Lipinski definition) is 0. The van der Waals surface area contributed by atoms with Gasteiger partial charge in [0.05, 0.1) is 10.6 Å². The van der Waals surface area contributed by atoms with Gasteiger partial charge in [-0.05, 0) is 42.9 Å². The van der Waals surface area contributed by atoms with E-state index in [1.807, 2.05) is 12.1 Å². The third kappa shape index (κ3) is 2.41. The van der Waals surface area contributed by atoms with E-state index in [0.29, 0.717) is 16.5 Å². The highest BCUT2D eigenvalue weighted by Crippen LogP contribution is 2.26. The highest BCUT2D eigenvalue weighted by Gasteiger charge is 2.23. The Balaban J connectivity index is 2.32. The van der Waals surface area contributed by atoms with Crippen molar-refractivity contribution >= 4 is 21.4 Å². The molecule has 0 unspecified atom stereocenters. The molecule has 0 N–H and O–H groups in total. The van der Waals surface area contributed by atoms with E-state index in [1.54, 1.807) is 6.07 Å². The van der Waals surface area contributed by atoms with Crippen LogP contribution in [0, 0.1) is 0 Å². The van der Waals surface area contributed by atoms with Gasteiger partial charge in [-0.25, -0.2) is 8.42 Å². The number of hydrogen-bond acceptors (Lipinski definition) is 2. The number of rotatable bonds is 3. The van der Waals surface area contributed by atoms with E-state index in [-0.39, 0.29) is 0 Å². The standard InChI is InChI=1S/C12H15ClO2S/c13-7-1-3-10-5-6-12-11(9-10)4-2-8-16(12,14)15/h5-6,9H,1-4,7-8H2. The lowest BCUT2D eigenvalue weighted by atomic mass is 10.0. The average molecular weight is 259 g/mol. The number of sulfone groups is 1. The molecule has 4 heteroatoms. The van der Waals surface area contributed by atoms with Crippen LogP contribution < -0.4 is 0 Å². The molecule has 0 amide bonds. The van der Waals surface area contributed by atoms with E-state index in [9.17, 15) is 8.42 Å². The zero-order valence-electron chi connectivity index (χ0n) is 9.08. The molecule has 88 valence electrons. The summed E-state index contributed by atoms with van der Waals surface area (Å²) in [4.78, 5) is 0.536. The molecular weight excluding hydrogens is 244 g/mol. The fourth-order valence-corrected chi connectivity index (χ4v) is 3.83. The molecule has 0 spiro atoms. The molecular formula is C12H15ClO2S. The molecule has 2 rings (SSSR count). The van der Waals surface area contributed by atoms with Crippen LogP contribution in [0.5, 0.6) is 0 Å². The van der Waals surface area contributed by atoms with Crippen molar-refractivity contribution in [2.24, 2.45) is 0 Å². The number of aryl methyl sites for hydroxylation is 2. The smallest absolute Gasteiger partial charge is 0.178 e. The van der Waals surface area contributed by atoms with Gasteiger partial charge in [0, 0.05) is 5.88 Å². The van der Waals surface area contributed by atoms with Crippen molar-refractivity contribution in [2.45, 2.75) is 30.6 Å². The van der Waals surface area contributed by atoms with E-state index in [2.05, 4.69) is 0 Å². The monoisotopic (exact) mass is 258 g/mol. The Kier molecular flexibility index (Phi) is 3.55. The summed E-state index contributed by atoms with van der Waals surface area (Å²) in [6, 6.07) is 5.69.